The standard InChI is InChI=1S/C13H20N2O2/c1-10-7-14-8-12(9-16)15(10)11-3-5-13(17-2)6-4-11/h3-6,10,12,14,16H,7-9H2,1-2H3. The maximum Gasteiger partial charge on any atom is 0.119 e. The van der Waals surface area contributed by atoms with Crippen molar-refractivity contribution in [1.82, 2.24) is 5.32 Å². The van der Waals surface area contributed by atoms with Crippen LogP contribution < -0.4 is 15.0 Å². The lowest BCUT2D eigenvalue weighted by Gasteiger charge is -2.42. The van der Waals surface area contributed by atoms with E-state index in [4.69, 9.17) is 4.74 Å². The molecule has 1 aliphatic heterocycles. The predicted octanol–water partition coefficient (Wildman–Crippen LogP) is 0.854. The number of anilines is 1. The predicted molar refractivity (Wildman–Crippen MR) is 68.7 cm³/mol. The lowest BCUT2D eigenvalue weighted by Crippen LogP contribution is -2.57. The Bertz CT molecular complexity index is 353. The maximum atomic E-state index is 9.43. The number of nitrogens with zero attached hydrogens (tertiary/aromatic N) is 1. The molecule has 1 aliphatic rings. The molecule has 2 atom stereocenters. The van der Waals surface area contributed by atoms with Gasteiger partial charge < -0.3 is 20.1 Å². The van der Waals surface area contributed by atoms with Crippen LogP contribution in [0, 0.1) is 0 Å². The van der Waals surface area contributed by atoms with Crippen molar-refractivity contribution >= 4 is 5.69 Å². The van der Waals surface area contributed by atoms with E-state index in [9.17, 15) is 5.11 Å². The van der Waals surface area contributed by atoms with Crippen molar-refractivity contribution in [1.29, 1.82) is 0 Å². The minimum absolute atomic E-state index is 0.146. The molecule has 0 saturated carbocycles. The Morgan fingerprint density at radius 1 is 1.35 bits per heavy atom. The molecule has 1 aromatic carbocycles. The van der Waals surface area contributed by atoms with Crippen LogP contribution in [-0.4, -0.2) is 44.0 Å². The van der Waals surface area contributed by atoms with Gasteiger partial charge in [0.05, 0.1) is 19.8 Å². The molecule has 0 amide bonds. The second-order valence-electron chi connectivity index (χ2n) is 4.45. The van der Waals surface area contributed by atoms with Crippen molar-refractivity contribution in [3.05, 3.63) is 24.3 Å². The Morgan fingerprint density at radius 2 is 2.06 bits per heavy atom. The van der Waals surface area contributed by atoms with Crippen LogP contribution in [0.2, 0.25) is 0 Å². The third kappa shape index (κ3) is 2.53. The number of methoxy groups -OCH3 is 1. The zero-order chi connectivity index (χ0) is 12.3. The number of nitrogens with one attached hydrogen (secondary N) is 1. The largest absolute Gasteiger partial charge is 0.497 e. The highest BCUT2D eigenvalue weighted by molar-refractivity contribution is 5.51. The Morgan fingerprint density at radius 3 is 2.65 bits per heavy atom. The molecule has 0 aromatic heterocycles. The van der Waals surface area contributed by atoms with Crippen molar-refractivity contribution in [3.63, 3.8) is 0 Å². The van der Waals surface area contributed by atoms with Gasteiger partial charge in [-0.05, 0) is 31.2 Å². The third-order valence-electron chi connectivity index (χ3n) is 3.27. The summed E-state index contributed by atoms with van der Waals surface area (Å²) in [6.45, 7) is 4.11. The molecule has 94 valence electrons. The van der Waals surface area contributed by atoms with Crippen molar-refractivity contribution in [3.8, 4) is 5.75 Å². The van der Waals surface area contributed by atoms with Crippen LogP contribution >= 0.6 is 0 Å². The molecule has 2 N–H and O–H groups in total. The number of ether oxygens (including phenoxy) is 1. The highest BCUT2D eigenvalue weighted by Crippen LogP contribution is 2.24. The number of piperazine rings is 1. The number of aliphatic hydroxyl groups excluding tert-OH is 1. The van der Waals surface area contributed by atoms with Crippen LogP contribution in [0.1, 0.15) is 6.92 Å². The van der Waals surface area contributed by atoms with Crippen LogP contribution in [0.5, 0.6) is 5.75 Å². The van der Waals surface area contributed by atoms with E-state index in [1.54, 1.807) is 7.11 Å². The summed E-state index contributed by atoms with van der Waals surface area (Å²) >= 11 is 0. The van der Waals surface area contributed by atoms with Crippen LogP contribution in [0.15, 0.2) is 24.3 Å². The van der Waals surface area contributed by atoms with Gasteiger partial charge in [0.25, 0.3) is 0 Å². The molecule has 0 spiro atoms. The summed E-state index contributed by atoms with van der Waals surface area (Å²) in [4.78, 5) is 2.27. The van der Waals surface area contributed by atoms with E-state index >= 15 is 0 Å². The van der Waals surface area contributed by atoms with Gasteiger partial charge in [0.15, 0.2) is 0 Å². The first kappa shape index (κ1) is 12.2. The minimum Gasteiger partial charge on any atom is -0.497 e. The highest BCUT2D eigenvalue weighted by atomic mass is 16.5. The van der Waals surface area contributed by atoms with Crippen LogP contribution in [0.4, 0.5) is 5.69 Å². The van der Waals surface area contributed by atoms with Crippen LogP contribution in [-0.2, 0) is 0 Å². The first-order chi connectivity index (χ1) is 8.26. The fourth-order valence-corrected chi connectivity index (χ4v) is 2.39. The first-order valence-corrected chi connectivity index (χ1v) is 6.00. The average Bonchev–Trinajstić information content (AvgIpc) is 2.38. The molecule has 1 heterocycles. The second kappa shape index (κ2) is 5.38. The number of benzene rings is 1. The Labute approximate surface area is 102 Å². The van der Waals surface area contributed by atoms with E-state index in [2.05, 4.69) is 17.1 Å². The van der Waals surface area contributed by atoms with Gasteiger partial charge in [-0.3, -0.25) is 0 Å². The van der Waals surface area contributed by atoms with E-state index in [0.29, 0.717) is 6.04 Å². The van der Waals surface area contributed by atoms with Gasteiger partial charge in [-0.1, -0.05) is 0 Å². The molecule has 2 unspecified atom stereocenters. The van der Waals surface area contributed by atoms with Crippen molar-refractivity contribution in [2.24, 2.45) is 0 Å². The van der Waals surface area contributed by atoms with Gasteiger partial charge in [-0.2, -0.15) is 0 Å². The van der Waals surface area contributed by atoms with Gasteiger partial charge in [-0.15, -0.1) is 0 Å². The maximum absolute atomic E-state index is 9.43. The molecular weight excluding hydrogens is 216 g/mol. The van der Waals surface area contributed by atoms with Crippen LogP contribution in [0.3, 0.4) is 0 Å². The Kier molecular flexibility index (Phi) is 3.86. The molecule has 1 aromatic rings. The fraction of sp³-hybridized carbons (Fsp3) is 0.538. The van der Waals surface area contributed by atoms with Crippen molar-refractivity contribution < 1.29 is 9.84 Å². The van der Waals surface area contributed by atoms with E-state index < -0.39 is 0 Å². The highest BCUT2D eigenvalue weighted by Gasteiger charge is 2.27. The lowest BCUT2D eigenvalue weighted by molar-refractivity contribution is 0.235. The number of hydrogen-bond donors (Lipinski definition) is 2. The molecule has 0 aliphatic carbocycles. The molecule has 17 heavy (non-hydrogen) atoms. The van der Waals surface area contributed by atoms with Gasteiger partial charge in [-0.25, -0.2) is 0 Å². The lowest BCUT2D eigenvalue weighted by atomic mass is 10.1. The molecular formula is C13H20N2O2. The zero-order valence-electron chi connectivity index (χ0n) is 10.4. The average molecular weight is 236 g/mol. The van der Waals surface area contributed by atoms with Gasteiger partial charge in [0.2, 0.25) is 0 Å². The molecule has 1 fully saturated rings. The summed E-state index contributed by atoms with van der Waals surface area (Å²) in [6.07, 6.45) is 0. The van der Waals surface area contributed by atoms with E-state index in [-0.39, 0.29) is 12.6 Å². The van der Waals surface area contributed by atoms with Crippen LogP contribution in [0.25, 0.3) is 0 Å². The fourth-order valence-electron chi connectivity index (χ4n) is 2.39. The summed E-state index contributed by atoms with van der Waals surface area (Å²) in [5.74, 6) is 0.858. The molecule has 4 nitrogen and oxygen atoms in total. The van der Waals surface area contributed by atoms with E-state index in [0.717, 1.165) is 24.5 Å². The number of aliphatic hydroxyl groups is 1. The summed E-state index contributed by atoms with van der Waals surface area (Å²) in [7, 11) is 1.67. The van der Waals surface area contributed by atoms with Gasteiger partial charge in [0, 0.05) is 24.8 Å². The number of hydrogen-bond acceptors (Lipinski definition) is 4. The first-order valence-electron chi connectivity index (χ1n) is 6.00. The summed E-state index contributed by atoms with van der Waals surface area (Å²) in [5, 5.41) is 12.8. The summed E-state index contributed by atoms with van der Waals surface area (Å²) in [6, 6.07) is 8.53. The SMILES string of the molecule is COc1ccc(N2C(C)CNCC2CO)cc1. The monoisotopic (exact) mass is 236 g/mol. The third-order valence-corrected chi connectivity index (χ3v) is 3.27. The quantitative estimate of drug-likeness (QED) is 0.817. The molecule has 0 bridgehead atoms. The topological polar surface area (TPSA) is 44.7 Å². The minimum atomic E-state index is 0.146. The normalized spacial score (nSPS) is 24.8. The smallest absolute Gasteiger partial charge is 0.119 e. The molecule has 0 radical (unpaired) electrons. The molecule has 1 saturated heterocycles. The second-order valence-corrected chi connectivity index (χ2v) is 4.45. The molecule has 2 rings (SSSR count). The number of rotatable bonds is 3. The zero-order valence-corrected chi connectivity index (χ0v) is 10.4. The van der Waals surface area contributed by atoms with E-state index in [1.165, 1.54) is 0 Å². The Hall–Kier alpha value is -1.26. The van der Waals surface area contributed by atoms with Crippen molar-refractivity contribution in [2.45, 2.75) is 19.0 Å². The summed E-state index contributed by atoms with van der Waals surface area (Å²) < 4.78 is 5.16. The van der Waals surface area contributed by atoms with E-state index in [1.807, 2.05) is 24.3 Å². The van der Waals surface area contributed by atoms with Crippen molar-refractivity contribution in [2.75, 3.05) is 31.7 Å². The van der Waals surface area contributed by atoms with Gasteiger partial charge in [0.1, 0.15) is 5.75 Å². The molecule has 4 heteroatoms. The van der Waals surface area contributed by atoms with Gasteiger partial charge >= 0.3 is 0 Å². The summed E-state index contributed by atoms with van der Waals surface area (Å²) in [5.41, 5.74) is 1.14. The Balaban J connectivity index is 2.21.